The number of carbonyl (C=O) groups is 1. The number of carbonyl (C=O) groups excluding carboxylic acids is 1. The maximum Gasteiger partial charge on any atom is 0.349 e. The molecule has 2 heterocycles. The predicted molar refractivity (Wildman–Crippen MR) is 109 cm³/mol. The zero-order valence-corrected chi connectivity index (χ0v) is 17.6. The van der Waals surface area contributed by atoms with Gasteiger partial charge in [-0.15, -0.1) is 11.3 Å². The molecule has 9 heteroatoms. The summed E-state index contributed by atoms with van der Waals surface area (Å²) in [6.07, 6.45) is 4.03. The van der Waals surface area contributed by atoms with E-state index in [9.17, 15) is 9.59 Å². The minimum atomic E-state index is -0.199. The number of thioether (sulfide) groups is 1. The lowest BCUT2D eigenvalue weighted by Crippen LogP contribution is -3.06. The van der Waals surface area contributed by atoms with E-state index in [1.165, 1.54) is 28.0 Å². The first kappa shape index (κ1) is 20.0. The third kappa shape index (κ3) is 5.18. The molecule has 3 rings (SSSR count). The lowest BCUT2D eigenvalue weighted by atomic mass is 9.97. The Bertz CT molecular complexity index is 875. The molecule has 2 aromatic heterocycles. The highest BCUT2D eigenvalue weighted by Gasteiger charge is 2.21. The van der Waals surface area contributed by atoms with Gasteiger partial charge in [-0.3, -0.25) is 9.36 Å². The van der Waals surface area contributed by atoms with Crippen molar-refractivity contribution in [2.45, 2.75) is 44.2 Å². The van der Waals surface area contributed by atoms with Crippen molar-refractivity contribution >= 4 is 34.1 Å². The number of quaternary nitrogens is 1. The molecule has 0 fully saturated rings. The Hall–Kier alpha value is -1.71. The van der Waals surface area contributed by atoms with Crippen molar-refractivity contribution in [3.63, 3.8) is 0 Å². The smallest absolute Gasteiger partial charge is 0.338 e. The average Bonchev–Trinajstić information content (AvgIpc) is 3.03. The van der Waals surface area contributed by atoms with E-state index in [1.54, 1.807) is 0 Å². The molecule has 0 saturated heterocycles. The van der Waals surface area contributed by atoms with E-state index in [1.807, 2.05) is 16.9 Å². The van der Waals surface area contributed by atoms with E-state index in [2.05, 4.69) is 29.4 Å². The summed E-state index contributed by atoms with van der Waals surface area (Å²) in [4.78, 5) is 34.7. The van der Waals surface area contributed by atoms with Crippen LogP contribution in [0.25, 0.3) is 0 Å². The molecule has 1 aliphatic carbocycles. The van der Waals surface area contributed by atoms with Crippen LogP contribution in [0, 0.1) is 6.92 Å². The Morgan fingerprint density at radius 1 is 1.33 bits per heavy atom. The molecule has 2 aromatic rings. The molecule has 0 aliphatic heterocycles. The van der Waals surface area contributed by atoms with Crippen molar-refractivity contribution in [3.05, 3.63) is 32.8 Å². The van der Waals surface area contributed by atoms with E-state index in [0.717, 1.165) is 49.2 Å². The van der Waals surface area contributed by atoms with Crippen LogP contribution in [0.15, 0.2) is 15.2 Å². The van der Waals surface area contributed by atoms with Crippen molar-refractivity contribution in [1.82, 2.24) is 14.5 Å². The van der Waals surface area contributed by atoms with Gasteiger partial charge in [0, 0.05) is 16.6 Å². The summed E-state index contributed by atoms with van der Waals surface area (Å²) in [6.45, 7) is 3.46. The second-order valence-electron chi connectivity index (χ2n) is 7.07. The molecule has 7 nitrogen and oxygen atoms in total. The molecule has 0 saturated carbocycles. The van der Waals surface area contributed by atoms with Gasteiger partial charge in [-0.25, -0.2) is 9.78 Å². The number of rotatable bonds is 7. The Morgan fingerprint density at radius 3 is 2.81 bits per heavy atom. The largest absolute Gasteiger partial charge is 0.349 e. The minimum absolute atomic E-state index is 0.124. The molecular formula is C18H26N5O2S2+. The highest BCUT2D eigenvalue weighted by Crippen LogP contribution is 2.28. The number of likely N-dealkylation sites (N-methyl/N-ethyl adjacent to an activating group) is 1. The van der Waals surface area contributed by atoms with E-state index in [4.69, 9.17) is 0 Å². The van der Waals surface area contributed by atoms with E-state index in [-0.39, 0.29) is 17.3 Å². The number of aryl methyl sites for hydroxylation is 1. The molecule has 0 atom stereocenters. The third-order valence-corrected chi connectivity index (χ3v) is 6.38. The van der Waals surface area contributed by atoms with Gasteiger partial charge in [0.1, 0.15) is 5.03 Å². The van der Waals surface area contributed by atoms with Gasteiger partial charge in [-0.1, -0.05) is 11.8 Å². The van der Waals surface area contributed by atoms with Crippen LogP contribution in [-0.4, -0.2) is 46.8 Å². The van der Waals surface area contributed by atoms with Gasteiger partial charge in [0.2, 0.25) is 5.91 Å². The maximum absolute atomic E-state index is 12.6. The number of thiazole rings is 1. The number of nitrogens with zero attached hydrogens (tertiary/aromatic N) is 3. The van der Waals surface area contributed by atoms with Crippen molar-refractivity contribution in [2.75, 3.05) is 31.7 Å². The molecule has 2 N–H and O–H groups in total. The second-order valence-corrected chi connectivity index (χ2v) is 8.89. The van der Waals surface area contributed by atoms with Gasteiger partial charge in [-0.05, 0) is 32.6 Å². The molecule has 0 unspecified atom stereocenters. The first-order valence-corrected chi connectivity index (χ1v) is 11.1. The van der Waals surface area contributed by atoms with Crippen LogP contribution in [-0.2, 0) is 24.2 Å². The fraction of sp³-hybridized carbons (Fsp3) is 0.556. The lowest BCUT2D eigenvalue weighted by molar-refractivity contribution is -0.859. The van der Waals surface area contributed by atoms with Crippen molar-refractivity contribution in [3.8, 4) is 0 Å². The van der Waals surface area contributed by atoms with Crippen LogP contribution in [0.3, 0.4) is 0 Å². The first-order valence-electron chi connectivity index (χ1n) is 9.20. The second kappa shape index (κ2) is 8.99. The van der Waals surface area contributed by atoms with Gasteiger partial charge in [0.05, 0.1) is 38.6 Å². The summed E-state index contributed by atoms with van der Waals surface area (Å²) in [5.74, 6) is 0.102. The van der Waals surface area contributed by atoms with Crippen LogP contribution in [0.5, 0.6) is 0 Å². The number of aromatic nitrogens is 3. The number of amides is 1. The van der Waals surface area contributed by atoms with Gasteiger partial charge >= 0.3 is 5.69 Å². The number of anilines is 1. The summed E-state index contributed by atoms with van der Waals surface area (Å²) < 4.78 is 1.84. The molecule has 0 spiro atoms. The minimum Gasteiger partial charge on any atom is -0.338 e. The predicted octanol–water partition coefficient (Wildman–Crippen LogP) is 0.762. The molecule has 0 radical (unpaired) electrons. The average molecular weight is 409 g/mol. The third-order valence-electron chi connectivity index (χ3n) is 4.49. The van der Waals surface area contributed by atoms with Gasteiger partial charge < -0.3 is 10.2 Å². The van der Waals surface area contributed by atoms with Crippen LogP contribution in [0.4, 0.5) is 5.13 Å². The van der Waals surface area contributed by atoms with Crippen molar-refractivity contribution in [1.29, 1.82) is 0 Å². The number of fused-ring (bicyclic) bond motifs is 1. The fourth-order valence-corrected chi connectivity index (χ4v) is 4.71. The van der Waals surface area contributed by atoms with Gasteiger partial charge in [0.25, 0.3) is 0 Å². The van der Waals surface area contributed by atoms with E-state index >= 15 is 0 Å². The van der Waals surface area contributed by atoms with Gasteiger partial charge in [0.15, 0.2) is 5.13 Å². The maximum atomic E-state index is 12.6. The zero-order chi connectivity index (χ0) is 19.4. The Labute approximate surface area is 167 Å². The Morgan fingerprint density at radius 2 is 2.11 bits per heavy atom. The topological polar surface area (TPSA) is 81.3 Å². The Balaban J connectivity index is 1.74. The summed E-state index contributed by atoms with van der Waals surface area (Å²) >= 11 is 2.76. The first-order chi connectivity index (χ1) is 12.9. The number of hydrogen-bond acceptors (Lipinski definition) is 6. The SMILES string of the molecule is Cc1csc(NC(=O)CSc2nc(=O)n(CC[NH+](C)C)c3c2CCCC3)n1. The van der Waals surface area contributed by atoms with Crippen molar-refractivity contribution in [2.24, 2.45) is 0 Å². The van der Waals surface area contributed by atoms with Crippen LogP contribution >= 0.6 is 23.1 Å². The van der Waals surface area contributed by atoms with E-state index < -0.39 is 0 Å². The summed E-state index contributed by atoms with van der Waals surface area (Å²) in [5.41, 5.74) is 2.95. The highest BCUT2D eigenvalue weighted by molar-refractivity contribution is 8.00. The normalized spacial score (nSPS) is 13.6. The highest BCUT2D eigenvalue weighted by atomic mass is 32.2. The van der Waals surface area contributed by atoms with Crippen LogP contribution in [0.2, 0.25) is 0 Å². The monoisotopic (exact) mass is 408 g/mol. The zero-order valence-electron chi connectivity index (χ0n) is 16.0. The van der Waals surface area contributed by atoms with Gasteiger partial charge in [-0.2, -0.15) is 4.98 Å². The molecule has 1 amide bonds. The molecule has 0 aromatic carbocycles. The lowest BCUT2D eigenvalue weighted by Gasteiger charge is -2.22. The molecule has 0 bridgehead atoms. The standard InChI is InChI=1S/C18H25N5O2S2/c1-12-10-27-17(19-12)20-15(24)11-26-16-13-6-4-5-7-14(13)23(18(25)21-16)9-8-22(2)3/h10H,4-9,11H2,1-3H3,(H,19,20,24)/p+1. The summed E-state index contributed by atoms with van der Waals surface area (Å²) in [5, 5.41) is 6.03. The number of hydrogen-bond donors (Lipinski definition) is 2. The number of nitrogens with one attached hydrogen (secondary N) is 2. The molecule has 27 heavy (non-hydrogen) atoms. The Kier molecular flexibility index (Phi) is 6.67. The molecule has 146 valence electrons. The molecular weight excluding hydrogens is 382 g/mol. The summed E-state index contributed by atoms with van der Waals surface area (Å²) in [6, 6.07) is 0. The molecule has 1 aliphatic rings. The fourth-order valence-electron chi connectivity index (χ4n) is 3.13. The summed E-state index contributed by atoms with van der Waals surface area (Å²) in [7, 11) is 4.16. The van der Waals surface area contributed by atoms with Crippen LogP contribution < -0.4 is 15.9 Å². The van der Waals surface area contributed by atoms with Crippen LogP contribution in [0.1, 0.15) is 29.8 Å². The van der Waals surface area contributed by atoms with E-state index in [0.29, 0.717) is 16.7 Å². The van der Waals surface area contributed by atoms with Crippen molar-refractivity contribution < 1.29 is 9.69 Å². The quantitative estimate of drug-likeness (QED) is 0.522.